The average Bonchev–Trinajstić information content (AvgIpc) is 3.51. The first-order chi connectivity index (χ1) is 21.7. The Morgan fingerprint density at radius 1 is 0.477 bits per heavy atom. The van der Waals surface area contributed by atoms with Crippen molar-refractivity contribution in [2.45, 2.75) is 18.4 Å². The summed E-state index contributed by atoms with van der Waals surface area (Å²) in [4.78, 5) is 0. The van der Waals surface area contributed by atoms with Gasteiger partial charge in [0.25, 0.3) is 0 Å². The normalized spacial score (nSPS) is 16.9. The molecule has 1 nitrogen and oxygen atoms in total. The van der Waals surface area contributed by atoms with Crippen molar-refractivity contribution in [1.82, 2.24) is 0 Å². The maximum absolute atomic E-state index is 11.2. The standard InChI is InChI=1S/C43H30O/c44-39-15-7-10-29-21-22-31-24-25-38(41(31)42(29)39)43-36-13-5-3-11-34(36)40(35-12-4-6-14-37(35)43)30-19-16-28(17-20-30)33-23-18-27-8-1-2-9-32(27)26-33/h1-14,16-26,38-39,44H,15H2. The third-order valence-corrected chi connectivity index (χ3v) is 9.66. The lowest BCUT2D eigenvalue weighted by atomic mass is 9.78. The minimum absolute atomic E-state index is 0.0697. The monoisotopic (exact) mass is 562 g/mol. The van der Waals surface area contributed by atoms with Crippen LogP contribution in [0.1, 0.15) is 46.3 Å². The molecule has 0 aromatic heterocycles. The van der Waals surface area contributed by atoms with Gasteiger partial charge in [0.2, 0.25) is 0 Å². The second kappa shape index (κ2) is 9.91. The van der Waals surface area contributed by atoms with Crippen LogP contribution in [0.5, 0.6) is 0 Å². The Bertz CT molecular complexity index is 2260. The molecular formula is C43H30O. The van der Waals surface area contributed by atoms with E-state index in [1.54, 1.807) is 0 Å². The van der Waals surface area contributed by atoms with E-state index >= 15 is 0 Å². The molecule has 0 spiro atoms. The summed E-state index contributed by atoms with van der Waals surface area (Å²) in [5, 5.41) is 18.7. The zero-order chi connectivity index (χ0) is 29.2. The number of fused-ring (bicyclic) bond motifs is 6. The molecule has 7 aromatic carbocycles. The SMILES string of the molecule is OC1CC=Cc2ccc3c(c21)C(c1c2ccccc2c(-c2ccc(-c4ccc5ccccc5c4)cc2)c2ccccc12)C=C3. The molecule has 0 heterocycles. The number of hydrogen-bond acceptors (Lipinski definition) is 1. The molecule has 0 bridgehead atoms. The Hall–Kier alpha value is -5.24. The summed E-state index contributed by atoms with van der Waals surface area (Å²) in [7, 11) is 0. The molecule has 2 aliphatic rings. The molecule has 0 aliphatic heterocycles. The highest BCUT2D eigenvalue weighted by Crippen LogP contribution is 2.49. The maximum atomic E-state index is 11.2. The fraction of sp³-hybridized carbons (Fsp3) is 0.0698. The molecule has 9 rings (SSSR count). The molecule has 2 atom stereocenters. The minimum atomic E-state index is -0.481. The number of aliphatic hydroxyl groups is 1. The summed E-state index contributed by atoms with van der Waals surface area (Å²) >= 11 is 0. The van der Waals surface area contributed by atoms with Gasteiger partial charge < -0.3 is 5.11 Å². The molecule has 1 heteroatoms. The smallest absolute Gasteiger partial charge is 0.0833 e. The van der Waals surface area contributed by atoms with Gasteiger partial charge in [-0.15, -0.1) is 0 Å². The number of allylic oxidation sites excluding steroid dienone is 1. The summed E-state index contributed by atoms with van der Waals surface area (Å²) in [6, 6.07) is 46.4. The van der Waals surface area contributed by atoms with Crippen LogP contribution < -0.4 is 0 Å². The number of rotatable bonds is 3. The molecule has 2 aliphatic carbocycles. The fourth-order valence-corrected chi connectivity index (χ4v) is 7.66. The van der Waals surface area contributed by atoms with Crippen LogP contribution in [0.4, 0.5) is 0 Å². The Balaban J connectivity index is 1.24. The van der Waals surface area contributed by atoms with E-state index in [0.29, 0.717) is 6.42 Å². The van der Waals surface area contributed by atoms with E-state index in [-0.39, 0.29) is 5.92 Å². The van der Waals surface area contributed by atoms with Gasteiger partial charge in [0.1, 0.15) is 0 Å². The van der Waals surface area contributed by atoms with Crippen LogP contribution in [0.15, 0.2) is 140 Å². The van der Waals surface area contributed by atoms with Gasteiger partial charge in [0, 0.05) is 5.92 Å². The van der Waals surface area contributed by atoms with E-state index in [1.807, 2.05) is 0 Å². The average molecular weight is 563 g/mol. The maximum Gasteiger partial charge on any atom is 0.0833 e. The summed E-state index contributed by atoms with van der Waals surface area (Å²) in [6.07, 6.45) is 9.01. The third kappa shape index (κ3) is 3.83. The molecule has 0 amide bonds. The van der Waals surface area contributed by atoms with Crippen molar-refractivity contribution >= 4 is 44.5 Å². The van der Waals surface area contributed by atoms with Crippen LogP contribution in [0.2, 0.25) is 0 Å². The molecule has 1 N–H and O–H groups in total. The Labute approximate surface area is 257 Å². The number of aliphatic hydroxyl groups excluding tert-OH is 1. The molecule has 0 saturated carbocycles. The molecular weight excluding hydrogens is 532 g/mol. The Morgan fingerprint density at radius 3 is 1.80 bits per heavy atom. The largest absolute Gasteiger partial charge is 0.388 e. The van der Waals surface area contributed by atoms with Gasteiger partial charge in [0.05, 0.1) is 6.10 Å². The lowest BCUT2D eigenvalue weighted by Crippen LogP contribution is -2.11. The van der Waals surface area contributed by atoms with E-state index in [2.05, 4.69) is 152 Å². The predicted octanol–water partition coefficient (Wildman–Crippen LogP) is 11.1. The van der Waals surface area contributed by atoms with Crippen LogP contribution in [0.25, 0.3) is 66.7 Å². The summed E-state index contributed by atoms with van der Waals surface area (Å²) in [5.41, 5.74) is 10.9. The van der Waals surface area contributed by atoms with E-state index in [1.165, 1.54) is 71.3 Å². The highest BCUT2D eigenvalue weighted by Gasteiger charge is 2.31. The van der Waals surface area contributed by atoms with Crippen molar-refractivity contribution < 1.29 is 5.11 Å². The van der Waals surface area contributed by atoms with Crippen molar-refractivity contribution in [1.29, 1.82) is 0 Å². The lowest BCUT2D eigenvalue weighted by molar-refractivity contribution is 0.179. The van der Waals surface area contributed by atoms with Crippen molar-refractivity contribution in [2.75, 3.05) is 0 Å². The van der Waals surface area contributed by atoms with Crippen molar-refractivity contribution in [3.8, 4) is 22.3 Å². The minimum Gasteiger partial charge on any atom is -0.388 e. The van der Waals surface area contributed by atoms with Crippen LogP contribution in [0, 0.1) is 0 Å². The Morgan fingerprint density at radius 2 is 1.07 bits per heavy atom. The summed E-state index contributed by atoms with van der Waals surface area (Å²) in [5.74, 6) is 0.0697. The Kier molecular flexibility index (Phi) is 5.69. The predicted molar refractivity (Wildman–Crippen MR) is 186 cm³/mol. The van der Waals surface area contributed by atoms with E-state index in [4.69, 9.17) is 0 Å². The van der Waals surface area contributed by atoms with E-state index in [9.17, 15) is 5.11 Å². The van der Waals surface area contributed by atoms with Gasteiger partial charge >= 0.3 is 0 Å². The van der Waals surface area contributed by atoms with Gasteiger partial charge in [0.15, 0.2) is 0 Å². The number of hydrogen-bond donors (Lipinski definition) is 1. The van der Waals surface area contributed by atoms with Gasteiger partial charge in [-0.1, -0.05) is 146 Å². The van der Waals surface area contributed by atoms with Crippen molar-refractivity contribution in [3.05, 3.63) is 167 Å². The van der Waals surface area contributed by atoms with Gasteiger partial charge in [-0.2, -0.15) is 0 Å². The quantitative estimate of drug-likeness (QED) is 0.212. The summed E-state index contributed by atoms with van der Waals surface area (Å²) in [6.45, 7) is 0. The first kappa shape index (κ1) is 25.3. The molecule has 44 heavy (non-hydrogen) atoms. The highest BCUT2D eigenvalue weighted by atomic mass is 16.3. The fourth-order valence-electron chi connectivity index (χ4n) is 7.66. The second-order valence-corrected chi connectivity index (χ2v) is 12.1. The van der Waals surface area contributed by atoms with Crippen molar-refractivity contribution in [3.63, 3.8) is 0 Å². The lowest BCUT2D eigenvalue weighted by Gasteiger charge is -2.26. The molecule has 7 aromatic rings. The van der Waals surface area contributed by atoms with Gasteiger partial charge in [-0.25, -0.2) is 0 Å². The topological polar surface area (TPSA) is 20.2 Å². The molecule has 0 radical (unpaired) electrons. The first-order valence-corrected chi connectivity index (χ1v) is 15.5. The summed E-state index contributed by atoms with van der Waals surface area (Å²) < 4.78 is 0. The third-order valence-electron chi connectivity index (χ3n) is 9.66. The zero-order valence-electron chi connectivity index (χ0n) is 24.2. The van der Waals surface area contributed by atoms with Crippen molar-refractivity contribution in [2.24, 2.45) is 0 Å². The van der Waals surface area contributed by atoms with Crippen LogP contribution in [-0.2, 0) is 0 Å². The van der Waals surface area contributed by atoms with Gasteiger partial charge in [-0.3, -0.25) is 0 Å². The van der Waals surface area contributed by atoms with Gasteiger partial charge in [-0.05, 0) is 94.9 Å². The molecule has 0 fully saturated rings. The molecule has 2 unspecified atom stereocenters. The van der Waals surface area contributed by atoms with Crippen LogP contribution in [-0.4, -0.2) is 5.11 Å². The first-order valence-electron chi connectivity index (χ1n) is 15.5. The molecule has 0 saturated heterocycles. The molecule has 208 valence electrons. The van der Waals surface area contributed by atoms with Crippen LogP contribution >= 0.6 is 0 Å². The van der Waals surface area contributed by atoms with Crippen LogP contribution in [0.3, 0.4) is 0 Å². The van der Waals surface area contributed by atoms with E-state index in [0.717, 1.165) is 11.1 Å². The second-order valence-electron chi connectivity index (χ2n) is 12.1. The zero-order valence-corrected chi connectivity index (χ0v) is 24.2. The number of benzene rings is 7. The van der Waals surface area contributed by atoms with E-state index < -0.39 is 6.10 Å². The highest BCUT2D eigenvalue weighted by molar-refractivity contribution is 6.16.